The predicted octanol–water partition coefficient (Wildman–Crippen LogP) is 5.10. The van der Waals surface area contributed by atoms with Gasteiger partial charge in [0.05, 0.1) is 5.02 Å². The molecular weight excluding hydrogens is 380 g/mol. The zero-order valence-corrected chi connectivity index (χ0v) is 15.5. The number of halogens is 3. The highest BCUT2D eigenvalue weighted by Crippen LogP contribution is 2.24. The molecule has 2 aromatic carbocycles. The summed E-state index contributed by atoms with van der Waals surface area (Å²) in [6.45, 7) is 2.83. The van der Waals surface area contributed by atoms with Gasteiger partial charge in [0, 0.05) is 18.4 Å². The molecule has 1 heterocycles. The predicted molar refractivity (Wildman–Crippen MR) is 97.4 cm³/mol. The number of ether oxygens (including phenoxy) is 1. The summed E-state index contributed by atoms with van der Waals surface area (Å²) in [5.41, 5.74) is 0.874. The topological polar surface area (TPSA) is 39.9 Å². The third-order valence-corrected chi connectivity index (χ3v) is 4.95. The molecule has 26 heavy (non-hydrogen) atoms. The van der Waals surface area contributed by atoms with Crippen LogP contribution in [0.4, 0.5) is 8.78 Å². The Labute approximate surface area is 159 Å². The minimum absolute atomic E-state index is 0.00537. The molecule has 0 fully saturated rings. The van der Waals surface area contributed by atoms with Crippen LogP contribution in [0.5, 0.6) is 5.75 Å². The van der Waals surface area contributed by atoms with Crippen LogP contribution in [0.25, 0.3) is 0 Å². The van der Waals surface area contributed by atoms with Gasteiger partial charge in [0.2, 0.25) is 0 Å². The molecule has 0 saturated heterocycles. The van der Waals surface area contributed by atoms with Gasteiger partial charge in [-0.2, -0.15) is 0 Å². The van der Waals surface area contributed by atoms with E-state index in [9.17, 15) is 8.78 Å². The summed E-state index contributed by atoms with van der Waals surface area (Å²) >= 11 is 7.23. The molecule has 0 aliphatic heterocycles. The number of nitrogens with zero attached hydrogens (tertiary/aromatic N) is 3. The minimum Gasteiger partial charge on any atom is -0.486 e. The van der Waals surface area contributed by atoms with Crippen molar-refractivity contribution in [2.75, 3.05) is 0 Å². The number of rotatable bonds is 7. The minimum atomic E-state index is -0.494. The summed E-state index contributed by atoms with van der Waals surface area (Å²) in [4.78, 5) is 0. The fourth-order valence-electron chi connectivity index (χ4n) is 2.34. The number of hydrogen-bond donors (Lipinski definition) is 0. The van der Waals surface area contributed by atoms with E-state index < -0.39 is 5.82 Å². The molecule has 0 unspecified atom stereocenters. The van der Waals surface area contributed by atoms with Gasteiger partial charge in [0.1, 0.15) is 24.0 Å². The molecule has 1 aromatic heterocycles. The van der Waals surface area contributed by atoms with Crippen LogP contribution in [0.2, 0.25) is 5.02 Å². The molecular formula is C18H16ClF2N3OS. The van der Waals surface area contributed by atoms with Gasteiger partial charge >= 0.3 is 0 Å². The Morgan fingerprint density at radius 1 is 1.15 bits per heavy atom. The van der Waals surface area contributed by atoms with Crippen molar-refractivity contribution in [2.45, 2.75) is 31.0 Å². The average molecular weight is 396 g/mol. The summed E-state index contributed by atoms with van der Waals surface area (Å²) in [5.74, 6) is 0.939. The van der Waals surface area contributed by atoms with E-state index in [1.807, 2.05) is 17.6 Å². The van der Waals surface area contributed by atoms with Crippen LogP contribution in [0.15, 0.2) is 47.6 Å². The van der Waals surface area contributed by atoms with E-state index in [4.69, 9.17) is 16.3 Å². The fraction of sp³-hybridized carbons (Fsp3) is 0.222. The SMILES string of the molecule is CCn1c(COc2ccc(F)c(Cl)c2)nnc1SCc1cccc(F)c1. The normalized spacial score (nSPS) is 10.9. The standard InChI is InChI=1S/C18H16ClF2N3OS/c1-2-24-17(10-25-14-6-7-16(21)15(19)9-14)22-23-18(24)26-11-12-4-3-5-13(20)8-12/h3-9H,2,10-11H2,1H3. The Morgan fingerprint density at radius 3 is 2.73 bits per heavy atom. The van der Waals surface area contributed by atoms with Crippen LogP contribution in [-0.2, 0) is 18.9 Å². The molecule has 0 radical (unpaired) electrons. The van der Waals surface area contributed by atoms with E-state index in [-0.39, 0.29) is 17.4 Å². The first-order valence-electron chi connectivity index (χ1n) is 7.94. The van der Waals surface area contributed by atoms with Crippen LogP contribution < -0.4 is 4.74 Å². The van der Waals surface area contributed by atoms with Crippen molar-refractivity contribution < 1.29 is 13.5 Å². The zero-order chi connectivity index (χ0) is 18.5. The maximum Gasteiger partial charge on any atom is 0.191 e. The van der Waals surface area contributed by atoms with Crippen LogP contribution >= 0.6 is 23.4 Å². The van der Waals surface area contributed by atoms with Crippen LogP contribution in [0.3, 0.4) is 0 Å². The van der Waals surface area contributed by atoms with Crippen molar-refractivity contribution >= 4 is 23.4 Å². The molecule has 0 amide bonds. The molecule has 0 bridgehead atoms. The lowest BCUT2D eigenvalue weighted by molar-refractivity contribution is 0.288. The van der Waals surface area contributed by atoms with E-state index in [1.54, 1.807) is 6.07 Å². The quantitative estimate of drug-likeness (QED) is 0.522. The van der Waals surface area contributed by atoms with Gasteiger partial charge in [-0.1, -0.05) is 35.5 Å². The Morgan fingerprint density at radius 2 is 2.00 bits per heavy atom. The number of thioether (sulfide) groups is 1. The second kappa shape index (κ2) is 8.51. The van der Waals surface area contributed by atoms with Gasteiger partial charge in [-0.3, -0.25) is 0 Å². The van der Waals surface area contributed by atoms with Crippen molar-refractivity contribution in [3.8, 4) is 5.75 Å². The third-order valence-electron chi connectivity index (χ3n) is 3.63. The Kier molecular flexibility index (Phi) is 6.11. The summed E-state index contributed by atoms with van der Waals surface area (Å²) < 4.78 is 34.0. The van der Waals surface area contributed by atoms with E-state index in [2.05, 4.69) is 10.2 Å². The first kappa shape index (κ1) is 18.7. The number of benzene rings is 2. The van der Waals surface area contributed by atoms with Crippen LogP contribution in [0.1, 0.15) is 18.3 Å². The highest BCUT2D eigenvalue weighted by Gasteiger charge is 2.13. The summed E-state index contributed by atoms with van der Waals surface area (Å²) in [7, 11) is 0. The smallest absolute Gasteiger partial charge is 0.191 e. The van der Waals surface area contributed by atoms with Gasteiger partial charge in [-0.05, 0) is 36.8 Å². The Hall–Kier alpha value is -2.12. The second-order valence-electron chi connectivity index (χ2n) is 5.43. The molecule has 8 heteroatoms. The Balaban J connectivity index is 1.66. The number of aromatic nitrogens is 3. The third kappa shape index (κ3) is 4.53. The van der Waals surface area contributed by atoms with Gasteiger partial charge in [0.15, 0.2) is 11.0 Å². The number of hydrogen-bond acceptors (Lipinski definition) is 4. The van der Waals surface area contributed by atoms with Crippen molar-refractivity contribution in [1.29, 1.82) is 0 Å². The largest absolute Gasteiger partial charge is 0.486 e. The van der Waals surface area contributed by atoms with E-state index in [1.165, 1.54) is 42.1 Å². The van der Waals surface area contributed by atoms with Crippen molar-refractivity contribution in [1.82, 2.24) is 14.8 Å². The lowest BCUT2D eigenvalue weighted by Gasteiger charge is -2.09. The first-order valence-corrected chi connectivity index (χ1v) is 9.30. The molecule has 0 aliphatic carbocycles. The van der Waals surface area contributed by atoms with Crippen molar-refractivity contribution in [3.05, 3.63) is 70.5 Å². The van der Waals surface area contributed by atoms with Crippen LogP contribution in [-0.4, -0.2) is 14.8 Å². The molecule has 136 valence electrons. The lowest BCUT2D eigenvalue weighted by Crippen LogP contribution is -2.07. The maximum absolute atomic E-state index is 13.3. The highest BCUT2D eigenvalue weighted by molar-refractivity contribution is 7.98. The van der Waals surface area contributed by atoms with Gasteiger partial charge in [-0.25, -0.2) is 8.78 Å². The molecule has 3 rings (SSSR count). The molecule has 4 nitrogen and oxygen atoms in total. The summed E-state index contributed by atoms with van der Waals surface area (Å²) in [5, 5.41) is 9.08. The van der Waals surface area contributed by atoms with Gasteiger partial charge in [-0.15, -0.1) is 10.2 Å². The van der Waals surface area contributed by atoms with Gasteiger partial charge < -0.3 is 9.30 Å². The first-order chi connectivity index (χ1) is 12.6. The average Bonchev–Trinajstić information content (AvgIpc) is 3.03. The monoisotopic (exact) mass is 395 g/mol. The molecule has 0 N–H and O–H groups in total. The highest BCUT2D eigenvalue weighted by atomic mass is 35.5. The molecule has 0 saturated carbocycles. The van der Waals surface area contributed by atoms with E-state index in [0.717, 1.165) is 10.7 Å². The molecule has 3 aromatic rings. The molecule has 0 atom stereocenters. The van der Waals surface area contributed by atoms with E-state index in [0.29, 0.717) is 23.9 Å². The fourth-order valence-corrected chi connectivity index (χ4v) is 3.47. The second-order valence-corrected chi connectivity index (χ2v) is 6.78. The summed E-state index contributed by atoms with van der Waals surface area (Å²) in [6, 6.07) is 10.6. The maximum atomic E-state index is 13.3. The van der Waals surface area contributed by atoms with Crippen molar-refractivity contribution in [2.24, 2.45) is 0 Å². The summed E-state index contributed by atoms with van der Waals surface area (Å²) in [6.07, 6.45) is 0. The van der Waals surface area contributed by atoms with Gasteiger partial charge in [0.25, 0.3) is 0 Å². The zero-order valence-electron chi connectivity index (χ0n) is 14.0. The Bertz CT molecular complexity index is 904. The molecule has 0 spiro atoms. The van der Waals surface area contributed by atoms with E-state index >= 15 is 0 Å². The molecule has 0 aliphatic rings. The van der Waals surface area contributed by atoms with Crippen molar-refractivity contribution in [3.63, 3.8) is 0 Å². The van der Waals surface area contributed by atoms with Crippen LogP contribution in [0, 0.1) is 11.6 Å². The lowest BCUT2D eigenvalue weighted by atomic mass is 10.2.